The molecule has 0 aliphatic rings. The molecule has 0 radical (unpaired) electrons. The van der Waals surface area contributed by atoms with Crippen LogP contribution in [0.5, 0.6) is 11.5 Å². The molecule has 0 N–H and O–H groups in total. The number of ether oxygens (including phenoxy) is 2. The quantitative estimate of drug-likeness (QED) is 0.247. The average Bonchev–Trinajstić information content (AvgIpc) is 3.15. The minimum atomic E-state index is -4.73. The largest absolute Gasteiger partial charge is 0.573 e. The first-order valence-corrected chi connectivity index (χ1v) is 11.5. The van der Waals surface area contributed by atoms with Gasteiger partial charge in [0.05, 0.1) is 13.2 Å². The van der Waals surface area contributed by atoms with E-state index in [1.165, 1.54) is 44.2 Å². The zero-order chi connectivity index (χ0) is 22.8. The third-order valence-corrected chi connectivity index (χ3v) is 5.49. The number of hydrogen-bond acceptors (Lipinski definition) is 2. The molecule has 0 aliphatic carbocycles. The van der Waals surface area contributed by atoms with E-state index in [4.69, 9.17) is 4.74 Å². The average molecular weight is 448 g/mol. The molecule has 0 amide bonds. The monoisotopic (exact) mass is 447 g/mol. The lowest BCUT2D eigenvalue weighted by atomic mass is 10.1. The number of alkyl halides is 3. The van der Waals surface area contributed by atoms with E-state index in [-0.39, 0.29) is 5.75 Å². The van der Waals surface area contributed by atoms with Crippen LogP contribution in [0, 0.1) is 0 Å². The van der Waals surface area contributed by atoms with Crippen molar-refractivity contribution < 1.29 is 22.6 Å². The summed E-state index contributed by atoms with van der Waals surface area (Å²) in [5.74, 6) is 0.178. The van der Waals surface area contributed by atoms with Crippen molar-refractivity contribution in [2.24, 2.45) is 0 Å². The Hall–Kier alpha value is -2.63. The zero-order valence-electron chi connectivity index (χ0n) is 18.7. The second-order valence-electron chi connectivity index (χ2n) is 8.20. The summed E-state index contributed by atoms with van der Waals surface area (Å²) in [5, 5.41) is 2.23. The van der Waals surface area contributed by atoms with Crippen molar-refractivity contribution in [3.8, 4) is 11.5 Å². The summed E-state index contributed by atoms with van der Waals surface area (Å²) in [6.07, 6.45) is 8.73. The van der Waals surface area contributed by atoms with Gasteiger partial charge in [-0.1, -0.05) is 76.1 Å². The van der Waals surface area contributed by atoms with Crippen LogP contribution in [0.4, 0.5) is 13.2 Å². The van der Waals surface area contributed by atoms with Crippen LogP contribution in [0.25, 0.3) is 10.8 Å². The minimum Gasteiger partial charge on any atom is -0.493 e. The summed E-state index contributed by atoms with van der Waals surface area (Å²) in [5.41, 5.74) is 0.819. The Morgan fingerprint density at radius 1 is 0.812 bits per heavy atom. The smallest absolute Gasteiger partial charge is 0.493 e. The summed E-state index contributed by atoms with van der Waals surface area (Å²) in [4.78, 5) is 0. The molecule has 0 aliphatic heterocycles. The van der Waals surface area contributed by atoms with E-state index < -0.39 is 6.36 Å². The topological polar surface area (TPSA) is 23.4 Å². The van der Waals surface area contributed by atoms with Gasteiger partial charge in [0.1, 0.15) is 11.5 Å². The van der Waals surface area contributed by atoms with Crippen LogP contribution in [0.1, 0.15) is 63.9 Å². The molecular formula is C26H32F3NO2. The van der Waals surface area contributed by atoms with E-state index in [9.17, 15) is 13.2 Å². The summed E-state index contributed by atoms with van der Waals surface area (Å²) in [7, 11) is 0. The van der Waals surface area contributed by atoms with Crippen molar-refractivity contribution in [3.63, 3.8) is 0 Å². The van der Waals surface area contributed by atoms with E-state index in [2.05, 4.69) is 11.7 Å². The van der Waals surface area contributed by atoms with Gasteiger partial charge >= 0.3 is 6.36 Å². The lowest BCUT2D eigenvalue weighted by molar-refractivity contribution is -0.274. The van der Waals surface area contributed by atoms with Crippen LogP contribution in [-0.4, -0.2) is 17.5 Å². The van der Waals surface area contributed by atoms with Crippen LogP contribution in [0.3, 0.4) is 0 Å². The number of aromatic nitrogens is 1. The lowest BCUT2D eigenvalue weighted by Gasteiger charge is -2.15. The molecule has 3 rings (SSSR count). The number of halogens is 3. The molecule has 0 saturated heterocycles. The highest BCUT2D eigenvalue weighted by molar-refractivity contribution is 5.82. The number of nitrogens with zero attached hydrogens (tertiary/aromatic N) is 1. The van der Waals surface area contributed by atoms with Crippen molar-refractivity contribution >= 4 is 10.8 Å². The van der Waals surface area contributed by atoms with Crippen LogP contribution < -0.4 is 9.47 Å². The first-order valence-electron chi connectivity index (χ1n) is 11.5. The Kier molecular flexibility index (Phi) is 8.89. The molecule has 0 atom stereocenters. The number of hydrogen-bond donors (Lipinski definition) is 0. The van der Waals surface area contributed by atoms with Crippen LogP contribution in [0.15, 0.2) is 54.9 Å². The van der Waals surface area contributed by atoms with Gasteiger partial charge in [-0.05, 0) is 29.3 Å². The molecule has 174 valence electrons. The molecule has 0 fully saturated rings. The van der Waals surface area contributed by atoms with Crippen molar-refractivity contribution in [2.75, 3.05) is 6.61 Å². The van der Waals surface area contributed by atoms with Gasteiger partial charge in [-0.15, -0.1) is 13.2 Å². The molecule has 0 unspecified atom stereocenters. The second-order valence-corrected chi connectivity index (χ2v) is 8.20. The summed E-state index contributed by atoms with van der Waals surface area (Å²) in [6.45, 7) is 3.19. The van der Waals surface area contributed by atoms with Gasteiger partial charge in [0, 0.05) is 24.0 Å². The summed E-state index contributed by atoms with van der Waals surface area (Å²) >= 11 is 0. The molecule has 0 saturated carbocycles. The fourth-order valence-corrected chi connectivity index (χ4v) is 3.84. The highest BCUT2D eigenvalue weighted by atomic mass is 19.4. The Balaban J connectivity index is 1.61. The van der Waals surface area contributed by atoms with Gasteiger partial charge in [-0.25, -0.2) is 0 Å². The molecular weight excluding hydrogens is 415 g/mol. The normalized spacial score (nSPS) is 11.8. The molecule has 2 aromatic carbocycles. The highest BCUT2D eigenvalue weighted by Crippen LogP contribution is 2.30. The fourth-order valence-electron chi connectivity index (χ4n) is 3.84. The van der Waals surface area contributed by atoms with Gasteiger partial charge in [-0.2, -0.15) is 0 Å². The SMILES string of the molecule is CCCCCCCCCCOc1cc(OC(F)(F)F)ccc1Cn1cc2ccccc2c1. The van der Waals surface area contributed by atoms with E-state index in [0.717, 1.165) is 35.6 Å². The standard InChI is InChI=1S/C26H32F3NO2/c1-2-3-4-5-6-7-8-11-16-31-25-17-24(32-26(27,28)29)15-14-23(25)20-30-18-21-12-9-10-13-22(21)19-30/h9-10,12-15,17-19H,2-8,11,16,20H2,1H3. The zero-order valence-corrected chi connectivity index (χ0v) is 18.7. The van der Waals surface area contributed by atoms with E-state index in [1.807, 2.05) is 41.2 Å². The first kappa shape index (κ1) is 24.0. The Morgan fingerprint density at radius 2 is 1.44 bits per heavy atom. The Labute approximate surface area is 188 Å². The first-order chi connectivity index (χ1) is 15.4. The molecule has 0 bridgehead atoms. The van der Waals surface area contributed by atoms with E-state index in [0.29, 0.717) is 18.9 Å². The molecule has 3 nitrogen and oxygen atoms in total. The maximum atomic E-state index is 12.7. The molecule has 1 aromatic heterocycles. The molecule has 0 spiro atoms. The Bertz CT molecular complexity index is 932. The minimum absolute atomic E-state index is 0.259. The summed E-state index contributed by atoms with van der Waals surface area (Å²) < 4.78 is 50.1. The molecule has 3 aromatic rings. The van der Waals surface area contributed by atoms with Gasteiger partial charge in [0.2, 0.25) is 0 Å². The number of benzene rings is 2. The van der Waals surface area contributed by atoms with Gasteiger partial charge in [0.25, 0.3) is 0 Å². The third-order valence-electron chi connectivity index (χ3n) is 5.49. The van der Waals surface area contributed by atoms with Gasteiger partial charge < -0.3 is 14.0 Å². The predicted octanol–water partition coefficient (Wildman–Crippen LogP) is 8.11. The van der Waals surface area contributed by atoms with E-state index in [1.54, 1.807) is 6.07 Å². The lowest BCUT2D eigenvalue weighted by Crippen LogP contribution is -2.17. The summed E-state index contributed by atoms with van der Waals surface area (Å²) in [6, 6.07) is 12.4. The molecule has 1 heterocycles. The Morgan fingerprint density at radius 3 is 2.06 bits per heavy atom. The predicted molar refractivity (Wildman–Crippen MR) is 122 cm³/mol. The second kappa shape index (κ2) is 11.8. The number of unbranched alkanes of at least 4 members (excludes halogenated alkanes) is 7. The maximum Gasteiger partial charge on any atom is 0.573 e. The number of fused-ring (bicyclic) bond motifs is 1. The number of rotatable bonds is 13. The maximum absolute atomic E-state index is 12.7. The van der Waals surface area contributed by atoms with Gasteiger partial charge in [-0.3, -0.25) is 0 Å². The van der Waals surface area contributed by atoms with Crippen molar-refractivity contribution in [2.45, 2.75) is 71.2 Å². The van der Waals surface area contributed by atoms with Crippen molar-refractivity contribution in [3.05, 3.63) is 60.4 Å². The van der Waals surface area contributed by atoms with Crippen molar-refractivity contribution in [1.82, 2.24) is 4.57 Å². The fraction of sp³-hybridized carbons (Fsp3) is 0.462. The molecule has 6 heteroatoms. The van der Waals surface area contributed by atoms with Crippen LogP contribution >= 0.6 is 0 Å². The van der Waals surface area contributed by atoms with E-state index >= 15 is 0 Å². The van der Waals surface area contributed by atoms with Crippen molar-refractivity contribution in [1.29, 1.82) is 0 Å². The van der Waals surface area contributed by atoms with Gasteiger partial charge in [0.15, 0.2) is 0 Å². The van der Waals surface area contributed by atoms with Crippen LogP contribution in [0.2, 0.25) is 0 Å². The molecule has 32 heavy (non-hydrogen) atoms. The highest BCUT2D eigenvalue weighted by Gasteiger charge is 2.31. The van der Waals surface area contributed by atoms with Crippen LogP contribution in [-0.2, 0) is 6.54 Å². The third kappa shape index (κ3) is 7.81.